The molecule has 158 valence electrons. The molecule has 0 aliphatic rings. The summed E-state index contributed by atoms with van der Waals surface area (Å²) in [6.07, 6.45) is 3.44. The second kappa shape index (κ2) is 8.04. The maximum atomic E-state index is 14.6. The van der Waals surface area contributed by atoms with Crippen LogP contribution in [0, 0.1) is 17.1 Å². The van der Waals surface area contributed by atoms with E-state index in [1.54, 1.807) is 16.7 Å². The first-order valence-electron chi connectivity index (χ1n) is 10.1. The molecule has 2 N–H and O–H groups in total. The molecule has 0 unspecified atom stereocenters. The predicted octanol–water partition coefficient (Wildman–Crippen LogP) is 4.71. The number of halogens is 1. The molecule has 0 saturated carbocycles. The summed E-state index contributed by atoms with van der Waals surface area (Å²) >= 11 is 0. The number of fused-ring (bicyclic) bond motifs is 2. The molecular formula is C24H19FN6O. The van der Waals surface area contributed by atoms with Crippen LogP contribution in [-0.2, 0) is 6.54 Å². The third kappa shape index (κ3) is 3.30. The number of para-hydroxylation sites is 1. The van der Waals surface area contributed by atoms with E-state index in [1.807, 2.05) is 36.5 Å². The summed E-state index contributed by atoms with van der Waals surface area (Å²) in [7, 11) is 1.53. The molecule has 5 aromatic rings. The molecule has 0 aliphatic heterocycles. The van der Waals surface area contributed by atoms with Crippen molar-refractivity contribution >= 4 is 27.6 Å². The fraction of sp³-hybridized carbons (Fsp3) is 0.125. The van der Waals surface area contributed by atoms with Crippen molar-refractivity contribution in [1.82, 2.24) is 19.5 Å². The highest BCUT2D eigenvalue weighted by Gasteiger charge is 2.16. The van der Waals surface area contributed by atoms with Crippen molar-refractivity contribution in [2.75, 3.05) is 19.0 Å². The lowest BCUT2D eigenvalue weighted by molar-refractivity contribution is 0.419. The largest absolute Gasteiger partial charge is 0.496 e. The molecule has 7 nitrogen and oxygen atoms in total. The molecule has 3 heterocycles. The van der Waals surface area contributed by atoms with E-state index in [0.717, 1.165) is 22.2 Å². The highest BCUT2D eigenvalue weighted by Crippen LogP contribution is 2.31. The maximum absolute atomic E-state index is 14.6. The van der Waals surface area contributed by atoms with Crippen molar-refractivity contribution < 1.29 is 9.13 Å². The number of anilines is 1. The molecule has 0 aliphatic carbocycles. The molecule has 3 aromatic heterocycles. The van der Waals surface area contributed by atoms with Gasteiger partial charge in [-0.1, -0.05) is 18.2 Å². The molecule has 0 spiro atoms. The molecule has 0 atom stereocenters. The Kier molecular flexibility index (Phi) is 4.92. The summed E-state index contributed by atoms with van der Waals surface area (Å²) in [5.41, 5.74) is 3.54. The average molecular weight is 426 g/mol. The van der Waals surface area contributed by atoms with Crippen molar-refractivity contribution in [3.63, 3.8) is 0 Å². The van der Waals surface area contributed by atoms with E-state index in [4.69, 9.17) is 4.74 Å². The summed E-state index contributed by atoms with van der Waals surface area (Å²) < 4.78 is 21.5. The van der Waals surface area contributed by atoms with Crippen molar-refractivity contribution in [2.24, 2.45) is 0 Å². The first-order valence-corrected chi connectivity index (χ1v) is 10.1. The van der Waals surface area contributed by atoms with Gasteiger partial charge in [0.15, 0.2) is 0 Å². The third-order valence-electron chi connectivity index (χ3n) is 5.48. The van der Waals surface area contributed by atoms with Crippen LogP contribution >= 0.6 is 0 Å². The number of nitrogens with zero attached hydrogens (tertiary/aromatic N) is 4. The third-order valence-corrected chi connectivity index (χ3v) is 5.48. The van der Waals surface area contributed by atoms with Gasteiger partial charge in [-0.3, -0.25) is 0 Å². The number of aromatic nitrogens is 4. The van der Waals surface area contributed by atoms with Crippen molar-refractivity contribution in [3.8, 4) is 23.1 Å². The Balaban J connectivity index is 1.39. The molecule has 0 amide bonds. The van der Waals surface area contributed by atoms with Gasteiger partial charge >= 0.3 is 0 Å². The van der Waals surface area contributed by atoms with E-state index >= 15 is 0 Å². The highest BCUT2D eigenvalue weighted by atomic mass is 19.1. The number of methoxy groups -OCH3 is 1. The van der Waals surface area contributed by atoms with E-state index in [-0.39, 0.29) is 0 Å². The number of hydrogen-bond donors (Lipinski definition) is 2. The van der Waals surface area contributed by atoms with Crippen LogP contribution in [0.25, 0.3) is 33.1 Å². The Labute approximate surface area is 183 Å². The van der Waals surface area contributed by atoms with Crippen LogP contribution in [0.15, 0.2) is 61.1 Å². The lowest BCUT2D eigenvalue weighted by Gasteiger charge is -2.11. The van der Waals surface area contributed by atoms with Crippen molar-refractivity contribution in [2.45, 2.75) is 6.54 Å². The highest BCUT2D eigenvalue weighted by molar-refractivity contribution is 5.94. The zero-order valence-electron chi connectivity index (χ0n) is 17.3. The number of nitriles is 1. The minimum absolute atomic E-state index is 0.352. The van der Waals surface area contributed by atoms with Crippen LogP contribution in [0.1, 0.15) is 5.69 Å². The monoisotopic (exact) mass is 426 g/mol. The summed E-state index contributed by atoms with van der Waals surface area (Å²) in [5, 5.41) is 14.5. The molecule has 8 heteroatoms. The molecule has 0 saturated heterocycles. The predicted molar refractivity (Wildman–Crippen MR) is 121 cm³/mol. The Hall–Kier alpha value is -4.38. The van der Waals surface area contributed by atoms with Gasteiger partial charge in [-0.15, -0.1) is 0 Å². The number of rotatable bonds is 6. The molecule has 5 rings (SSSR count). The number of H-pyrrole nitrogens is 1. The smallest absolute Gasteiger partial charge is 0.147 e. The summed E-state index contributed by atoms with van der Waals surface area (Å²) in [5.74, 6) is 0.781. The molecule has 0 bridgehead atoms. The van der Waals surface area contributed by atoms with Gasteiger partial charge in [-0.2, -0.15) is 5.26 Å². The van der Waals surface area contributed by atoms with Crippen LogP contribution in [-0.4, -0.2) is 33.2 Å². The molecule has 0 radical (unpaired) electrons. The normalized spacial score (nSPS) is 11.0. The minimum atomic E-state index is -0.397. The summed E-state index contributed by atoms with van der Waals surface area (Å²) in [4.78, 5) is 12.0. The molecular weight excluding hydrogens is 407 g/mol. The first-order chi connectivity index (χ1) is 15.7. The lowest BCUT2D eigenvalue weighted by atomic mass is 10.1. The number of nitrogens with one attached hydrogen (secondary N) is 2. The maximum Gasteiger partial charge on any atom is 0.147 e. The first kappa shape index (κ1) is 19.6. The van der Waals surface area contributed by atoms with E-state index in [0.29, 0.717) is 41.3 Å². The van der Waals surface area contributed by atoms with Crippen LogP contribution in [0.2, 0.25) is 0 Å². The van der Waals surface area contributed by atoms with Gasteiger partial charge in [-0.25, -0.2) is 14.4 Å². The fourth-order valence-corrected chi connectivity index (χ4v) is 4.00. The van der Waals surface area contributed by atoms with Gasteiger partial charge in [0.1, 0.15) is 35.5 Å². The van der Waals surface area contributed by atoms with Crippen molar-refractivity contribution in [1.29, 1.82) is 5.26 Å². The van der Waals surface area contributed by atoms with Gasteiger partial charge in [0.05, 0.1) is 18.3 Å². The second-order valence-electron chi connectivity index (χ2n) is 7.27. The van der Waals surface area contributed by atoms with E-state index in [2.05, 4.69) is 26.3 Å². The zero-order chi connectivity index (χ0) is 22.1. The van der Waals surface area contributed by atoms with Gasteiger partial charge in [0.2, 0.25) is 0 Å². The second-order valence-corrected chi connectivity index (χ2v) is 7.27. The lowest BCUT2D eigenvalue weighted by Crippen LogP contribution is -2.13. The number of benzene rings is 2. The van der Waals surface area contributed by atoms with Gasteiger partial charge in [-0.05, 0) is 24.3 Å². The number of ether oxygens (including phenoxy) is 1. The Bertz CT molecular complexity index is 1480. The van der Waals surface area contributed by atoms with Crippen LogP contribution < -0.4 is 10.1 Å². The van der Waals surface area contributed by atoms with Crippen LogP contribution in [0.4, 0.5) is 10.2 Å². The van der Waals surface area contributed by atoms with E-state index in [1.165, 1.54) is 19.5 Å². The van der Waals surface area contributed by atoms with Crippen LogP contribution in [0.3, 0.4) is 0 Å². The van der Waals surface area contributed by atoms with Gasteiger partial charge in [0.25, 0.3) is 0 Å². The SMILES string of the molecule is COc1ccc(F)c2c1cc(C#N)n2CCNc1cc(-c2c[nH]c3ccccc23)ncn1. The molecule has 2 aromatic carbocycles. The fourth-order valence-electron chi connectivity index (χ4n) is 4.00. The molecule has 32 heavy (non-hydrogen) atoms. The van der Waals surface area contributed by atoms with Crippen molar-refractivity contribution in [3.05, 3.63) is 72.6 Å². The summed E-state index contributed by atoms with van der Waals surface area (Å²) in [6, 6.07) is 16.6. The Morgan fingerprint density at radius 3 is 2.88 bits per heavy atom. The zero-order valence-corrected chi connectivity index (χ0v) is 17.3. The topological polar surface area (TPSA) is 91.5 Å². The Morgan fingerprint density at radius 1 is 1.16 bits per heavy atom. The Morgan fingerprint density at radius 2 is 2.03 bits per heavy atom. The van der Waals surface area contributed by atoms with Crippen LogP contribution in [0.5, 0.6) is 5.75 Å². The number of aromatic amines is 1. The average Bonchev–Trinajstić information content (AvgIpc) is 3.42. The van der Waals surface area contributed by atoms with E-state index in [9.17, 15) is 9.65 Å². The summed E-state index contributed by atoms with van der Waals surface area (Å²) in [6.45, 7) is 0.822. The standard InChI is InChI=1S/C24H19FN6O/c1-32-22-7-6-19(25)24-17(22)10-15(12-26)31(24)9-8-27-23-11-21(29-14-30-23)18-13-28-20-5-3-2-4-16(18)20/h2-7,10-11,13-14,28H,8-9H2,1H3,(H,27,29,30). The molecule has 0 fully saturated rings. The number of hydrogen-bond acceptors (Lipinski definition) is 5. The van der Waals surface area contributed by atoms with Gasteiger partial charge < -0.3 is 19.6 Å². The van der Waals surface area contributed by atoms with E-state index < -0.39 is 5.82 Å². The minimum Gasteiger partial charge on any atom is -0.496 e. The van der Waals surface area contributed by atoms with Gasteiger partial charge in [0, 0.05) is 47.2 Å². The quantitative estimate of drug-likeness (QED) is 0.410.